The van der Waals surface area contributed by atoms with Crippen LogP contribution in [0.4, 0.5) is 10.1 Å². The zero-order valence-electron chi connectivity index (χ0n) is 11.6. The summed E-state index contributed by atoms with van der Waals surface area (Å²) in [6.07, 6.45) is 2.52. The van der Waals surface area contributed by atoms with Crippen molar-refractivity contribution in [2.45, 2.75) is 25.5 Å². The molecule has 1 saturated heterocycles. The lowest BCUT2D eigenvalue weighted by molar-refractivity contribution is -0.133. The molecule has 1 atom stereocenters. The monoisotopic (exact) mass is 331 g/mol. The Balaban J connectivity index is 2.09. The van der Waals surface area contributed by atoms with Crippen LogP contribution in [0.2, 0.25) is 0 Å². The van der Waals surface area contributed by atoms with Gasteiger partial charge in [-0.25, -0.2) is 4.98 Å². The lowest BCUT2D eigenvalue weighted by Gasteiger charge is -2.22. The van der Waals surface area contributed by atoms with Crippen LogP contribution in [0.1, 0.15) is 18.4 Å². The van der Waals surface area contributed by atoms with Crippen LogP contribution >= 0.6 is 0 Å². The number of aromatic nitrogens is 1. The van der Waals surface area contributed by atoms with Gasteiger partial charge in [-0.15, -0.1) is 0 Å². The number of piperidine rings is 1. The van der Waals surface area contributed by atoms with Gasteiger partial charge in [0.2, 0.25) is 17.8 Å². The van der Waals surface area contributed by atoms with Crippen LogP contribution in [0.25, 0.3) is 0 Å². The highest BCUT2D eigenvalue weighted by Crippen LogP contribution is 2.17. The third-order valence-corrected chi connectivity index (χ3v) is 3.47. The largest absolute Gasteiger partial charge is 0.372 e. The molecule has 120 valence electrons. The third-order valence-electron chi connectivity index (χ3n) is 2.92. The first kappa shape index (κ1) is 16.3. The Bertz CT molecular complexity index is 707. The average Bonchev–Trinajstić information content (AvgIpc) is 2.41. The van der Waals surface area contributed by atoms with E-state index in [0.29, 0.717) is 12.1 Å². The highest BCUT2D eigenvalue weighted by atomic mass is 32.2. The first-order chi connectivity index (χ1) is 10.2. The second kappa shape index (κ2) is 6.36. The fourth-order valence-corrected chi connectivity index (χ4v) is 2.22. The van der Waals surface area contributed by atoms with Gasteiger partial charge in [-0.3, -0.25) is 19.1 Å². The maximum atomic E-state index is 13.5. The number of pyridine rings is 1. The SMILES string of the molecule is CS(=O)(=O)OCc1cc(NC2CCC(=O)NC2=O)cnc1F. The Morgan fingerprint density at radius 3 is 2.86 bits per heavy atom. The van der Waals surface area contributed by atoms with E-state index in [9.17, 15) is 22.4 Å². The van der Waals surface area contributed by atoms with Crippen molar-refractivity contribution in [1.82, 2.24) is 10.3 Å². The lowest BCUT2D eigenvalue weighted by Crippen LogP contribution is -2.47. The van der Waals surface area contributed by atoms with E-state index in [1.54, 1.807) is 0 Å². The van der Waals surface area contributed by atoms with Crippen LogP contribution in [-0.4, -0.2) is 37.5 Å². The Morgan fingerprint density at radius 2 is 2.23 bits per heavy atom. The summed E-state index contributed by atoms with van der Waals surface area (Å²) in [7, 11) is -3.71. The van der Waals surface area contributed by atoms with Gasteiger partial charge in [-0.05, 0) is 12.5 Å². The molecule has 2 N–H and O–H groups in total. The third kappa shape index (κ3) is 4.46. The molecule has 0 aliphatic carbocycles. The first-order valence-electron chi connectivity index (χ1n) is 6.33. The summed E-state index contributed by atoms with van der Waals surface area (Å²) in [5.41, 5.74) is 0.255. The Morgan fingerprint density at radius 1 is 1.50 bits per heavy atom. The number of hydrogen-bond donors (Lipinski definition) is 2. The second-order valence-electron chi connectivity index (χ2n) is 4.79. The second-order valence-corrected chi connectivity index (χ2v) is 6.43. The van der Waals surface area contributed by atoms with Crippen molar-refractivity contribution in [2.24, 2.45) is 0 Å². The fraction of sp³-hybridized carbons (Fsp3) is 0.417. The normalized spacial score (nSPS) is 18.9. The van der Waals surface area contributed by atoms with Crippen molar-refractivity contribution in [3.63, 3.8) is 0 Å². The van der Waals surface area contributed by atoms with E-state index in [-0.39, 0.29) is 17.9 Å². The number of carbonyl (C=O) groups excluding carboxylic acids is 2. The van der Waals surface area contributed by atoms with Gasteiger partial charge >= 0.3 is 0 Å². The highest BCUT2D eigenvalue weighted by Gasteiger charge is 2.26. The van der Waals surface area contributed by atoms with Crippen molar-refractivity contribution in [2.75, 3.05) is 11.6 Å². The summed E-state index contributed by atoms with van der Waals surface area (Å²) >= 11 is 0. The highest BCUT2D eigenvalue weighted by molar-refractivity contribution is 7.85. The van der Waals surface area contributed by atoms with E-state index < -0.39 is 34.6 Å². The summed E-state index contributed by atoms with van der Waals surface area (Å²) in [4.78, 5) is 26.2. The zero-order valence-corrected chi connectivity index (χ0v) is 12.4. The molecule has 0 aromatic carbocycles. The predicted molar refractivity (Wildman–Crippen MR) is 73.6 cm³/mol. The number of rotatable bonds is 5. The molecule has 1 aromatic rings. The molecule has 8 nitrogen and oxygen atoms in total. The van der Waals surface area contributed by atoms with E-state index in [4.69, 9.17) is 0 Å². The van der Waals surface area contributed by atoms with Gasteiger partial charge in [0.15, 0.2) is 0 Å². The number of nitrogens with zero attached hydrogens (tertiary/aromatic N) is 1. The maximum Gasteiger partial charge on any atom is 0.264 e. The number of amides is 2. The molecule has 0 radical (unpaired) electrons. The number of imide groups is 1. The van der Waals surface area contributed by atoms with Gasteiger partial charge < -0.3 is 5.32 Å². The van der Waals surface area contributed by atoms with Crippen LogP contribution in [0.5, 0.6) is 0 Å². The summed E-state index contributed by atoms with van der Waals surface area (Å²) in [5, 5.41) is 5.00. The van der Waals surface area contributed by atoms with Crippen LogP contribution in [0.15, 0.2) is 12.3 Å². The first-order valence-corrected chi connectivity index (χ1v) is 8.15. The van der Waals surface area contributed by atoms with Crippen LogP contribution in [0, 0.1) is 5.95 Å². The van der Waals surface area contributed by atoms with E-state index in [1.165, 1.54) is 12.3 Å². The summed E-state index contributed by atoms with van der Waals surface area (Å²) in [6, 6.07) is 0.658. The molecule has 0 saturated carbocycles. The summed E-state index contributed by atoms with van der Waals surface area (Å²) in [6.45, 7) is -0.497. The number of anilines is 1. The Hall–Kier alpha value is -2.07. The van der Waals surface area contributed by atoms with Gasteiger partial charge in [0.1, 0.15) is 6.04 Å². The number of hydrogen-bond acceptors (Lipinski definition) is 7. The minimum absolute atomic E-state index is 0.0669. The lowest BCUT2D eigenvalue weighted by atomic mass is 10.1. The zero-order chi connectivity index (χ0) is 16.3. The molecule has 22 heavy (non-hydrogen) atoms. The van der Waals surface area contributed by atoms with Crippen molar-refractivity contribution in [1.29, 1.82) is 0 Å². The van der Waals surface area contributed by atoms with Gasteiger partial charge in [0, 0.05) is 12.0 Å². The molecule has 0 spiro atoms. The molecule has 2 rings (SSSR count). The Labute approximate surface area is 126 Å². The summed E-state index contributed by atoms with van der Waals surface area (Å²) in [5.74, 6) is -1.69. The smallest absolute Gasteiger partial charge is 0.264 e. The van der Waals surface area contributed by atoms with Crippen molar-refractivity contribution < 1.29 is 26.6 Å². The minimum Gasteiger partial charge on any atom is -0.372 e. The van der Waals surface area contributed by atoms with E-state index >= 15 is 0 Å². The number of nitrogens with one attached hydrogen (secondary N) is 2. The number of carbonyl (C=O) groups is 2. The van der Waals surface area contributed by atoms with Gasteiger partial charge in [-0.1, -0.05) is 0 Å². The molecule has 1 fully saturated rings. The maximum absolute atomic E-state index is 13.5. The molecule has 0 bridgehead atoms. The summed E-state index contributed by atoms with van der Waals surface area (Å²) < 4.78 is 39.9. The predicted octanol–water partition coefficient (Wildman–Crippen LogP) is -0.0860. The molecule has 1 unspecified atom stereocenters. The van der Waals surface area contributed by atoms with E-state index in [0.717, 1.165) is 6.26 Å². The molecule has 1 aromatic heterocycles. The van der Waals surface area contributed by atoms with E-state index in [2.05, 4.69) is 19.8 Å². The molecular formula is C12H14FN3O5S. The average molecular weight is 331 g/mol. The van der Waals surface area contributed by atoms with Crippen molar-refractivity contribution in [3.05, 3.63) is 23.8 Å². The quantitative estimate of drug-likeness (QED) is 0.440. The molecule has 1 aliphatic heterocycles. The van der Waals surface area contributed by atoms with Crippen molar-refractivity contribution >= 4 is 27.6 Å². The molecular weight excluding hydrogens is 317 g/mol. The van der Waals surface area contributed by atoms with E-state index in [1.807, 2.05) is 0 Å². The topological polar surface area (TPSA) is 114 Å². The molecule has 2 amide bonds. The minimum atomic E-state index is -3.71. The standard InChI is InChI=1S/C12H14FN3O5S/c1-22(19,20)21-6-7-4-8(5-14-11(7)13)15-9-2-3-10(17)16-12(9)18/h4-5,9,15H,2-3,6H2,1H3,(H,16,17,18). The van der Waals surface area contributed by atoms with Gasteiger partial charge in [0.05, 0.1) is 24.7 Å². The van der Waals surface area contributed by atoms with Gasteiger partial charge in [-0.2, -0.15) is 12.8 Å². The van der Waals surface area contributed by atoms with Crippen LogP contribution in [-0.2, 0) is 30.5 Å². The Kier molecular flexibility index (Phi) is 4.71. The van der Waals surface area contributed by atoms with Crippen LogP contribution < -0.4 is 10.6 Å². The van der Waals surface area contributed by atoms with Gasteiger partial charge in [0.25, 0.3) is 10.1 Å². The number of halogens is 1. The fourth-order valence-electron chi connectivity index (χ4n) is 1.88. The molecule has 1 aliphatic rings. The molecule has 2 heterocycles. The van der Waals surface area contributed by atoms with Crippen LogP contribution in [0.3, 0.4) is 0 Å². The van der Waals surface area contributed by atoms with Crippen molar-refractivity contribution in [3.8, 4) is 0 Å². The molecule has 10 heteroatoms.